The molecule has 0 aromatic carbocycles. The van der Waals surface area contributed by atoms with Crippen LogP contribution >= 0.6 is 0 Å². The van der Waals surface area contributed by atoms with Crippen molar-refractivity contribution in [3.05, 3.63) is 0 Å². The molecule has 3 rings (SSSR count). The number of hydrogen-bond donors (Lipinski definition) is 0. The van der Waals surface area contributed by atoms with E-state index in [1.165, 1.54) is 0 Å². The number of hydrogen-bond acceptors (Lipinski definition) is 8. The van der Waals surface area contributed by atoms with Gasteiger partial charge in [0.2, 0.25) is 5.78 Å². The SMILES string of the molecule is CC(C)(C)OC(=O)N1C[C@]2(OC[C@H]3OCOC3C2=O)OC1=O. The number of carbonyl (C=O) groups excluding carboxylic acids is 3. The highest BCUT2D eigenvalue weighted by Crippen LogP contribution is 2.35. The van der Waals surface area contributed by atoms with E-state index in [1.807, 2.05) is 0 Å². The van der Waals surface area contributed by atoms with E-state index >= 15 is 0 Å². The van der Waals surface area contributed by atoms with Gasteiger partial charge < -0.3 is 23.7 Å². The van der Waals surface area contributed by atoms with E-state index in [2.05, 4.69) is 0 Å². The molecule has 0 N–H and O–H groups in total. The minimum atomic E-state index is -1.84. The van der Waals surface area contributed by atoms with Crippen LogP contribution in [0.3, 0.4) is 0 Å². The molecule has 3 atom stereocenters. The lowest BCUT2D eigenvalue weighted by Crippen LogP contribution is -2.59. The van der Waals surface area contributed by atoms with Crippen molar-refractivity contribution < 1.29 is 38.1 Å². The first-order valence-electron chi connectivity index (χ1n) is 6.87. The van der Waals surface area contributed by atoms with Crippen molar-refractivity contribution in [3.63, 3.8) is 0 Å². The molecule has 0 saturated carbocycles. The highest BCUT2D eigenvalue weighted by atomic mass is 16.8. The second-order valence-electron chi connectivity index (χ2n) is 6.27. The van der Waals surface area contributed by atoms with Crippen LogP contribution in [-0.4, -0.2) is 66.4 Å². The molecule has 0 radical (unpaired) electrons. The number of rotatable bonds is 0. The molecule has 0 bridgehead atoms. The fourth-order valence-electron chi connectivity index (χ4n) is 2.44. The Hall–Kier alpha value is -1.71. The van der Waals surface area contributed by atoms with Crippen LogP contribution in [0.4, 0.5) is 9.59 Å². The van der Waals surface area contributed by atoms with E-state index < -0.39 is 41.6 Å². The highest BCUT2D eigenvalue weighted by Gasteiger charge is 2.62. The van der Waals surface area contributed by atoms with Crippen LogP contribution in [-0.2, 0) is 28.5 Å². The second kappa shape index (κ2) is 4.90. The number of ether oxygens (including phenoxy) is 5. The van der Waals surface area contributed by atoms with E-state index in [0.29, 0.717) is 4.90 Å². The second-order valence-corrected chi connectivity index (χ2v) is 6.27. The molecule has 0 aromatic heterocycles. The first kappa shape index (κ1) is 15.2. The molecule has 9 heteroatoms. The molecule has 3 saturated heterocycles. The van der Waals surface area contributed by atoms with E-state index in [9.17, 15) is 14.4 Å². The largest absolute Gasteiger partial charge is 0.443 e. The average Bonchev–Trinajstić information content (AvgIpc) is 2.98. The van der Waals surface area contributed by atoms with Gasteiger partial charge >= 0.3 is 12.2 Å². The van der Waals surface area contributed by atoms with Crippen molar-refractivity contribution in [1.29, 1.82) is 0 Å². The van der Waals surface area contributed by atoms with Crippen molar-refractivity contribution in [2.45, 2.75) is 44.4 Å². The summed E-state index contributed by atoms with van der Waals surface area (Å²) in [5.74, 6) is -2.41. The van der Waals surface area contributed by atoms with Crippen molar-refractivity contribution in [1.82, 2.24) is 4.90 Å². The van der Waals surface area contributed by atoms with Gasteiger partial charge in [-0.2, -0.15) is 0 Å². The topological polar surface area (TPSA) is 101 Å². The standard InChI is InChI=1S/C13H17NO8/c1-12(2,3)21-10(16)14-5-13(22-11(14)17)9(15)8-7(4-20-13)18-6-19-8/h7-8H,4-6H2,1-3H3/t7-,8?,13+/m1/s1. The number of ketones is 1. The van der Waals surface area contributed by atoms with Gasteiger partial charge in [-0.25, -0.2) is 14.5 Å². The average molecular weight is 315 g/mol. The van der Waals surface area contributed by atoms with Crippen molar-refractivity contribution in [2.24, 2.45) is 0 Å². The predicted octanol–water partition coefficient (Wildman–Crippen LogP) is 0.411. The molecule has 3 aliphatic heterocycles. The Morgan fingerprint density at radius 2 is 2.05 bits per heavy atom. The van der Waals surface area contributed by atoms with Crippen LogP contribution in [0.25, 0.3) is 0 Å². The Kier molecular flexibility index (Phi) is 3.38. The zero-order valence-electron chi connectivity index (χ0n) is 12.5. The maximum atomic E-state index is 12.4. The molecule has 3 fully saturated rings. The van der Waals surface area contributed by atoms with Gasteiger partial charge in [0.1, 0.15) is 25.0 Å². The van der Waals surface area contributed by atoms with Gasteiger partial charge in [0.25, 0.3) is 5.79 Å². The first-order chi connectivity index (χ1) is 10.2. The quantitative estimate of drug-likeness (QED) is 0.633. The summed E-state index contributed by atoms with van der Waals surface area (Å²) in [6, 6.07) is 0. The van der Waals surface area contributed by atoms with Crippen LogP contribution in [0.2, 0.25) is 0 Å². The molecule has 3 heterocycles. The molecular formula is C13H17NO8. The lowest BCUT2D eigenvalue weighted by atomic mass is 9.99. The third-order valence-electron chi connectivity index (χ3n) is 3.43. The number of Topliss-reactive ketones (excluding diaryl/α,β-unsaturated/α-hetero) is 1. The van der Waals surface area contributed by atoms with E-state index in [1.54, 1.807) is 20.8 Å². The van der Waals surface area contributed by atoms with Crippen molar-refractivity contribution in [3.8, 4) is 0 Å². The van der Waals surface area contributed by atoms with Gasteiger partial charge in [-0.05, 0) is 20.8 Å². The Bertz CT molecular complexity index is 527. The monoisotopic (exact) mass is 315 g/mol. The Morgan fingerprint density at radius 3 is 2.73 bits per heavy atom. The minimum absolute atomic E-state index is 0.0236. The van der Waals surface area contributed by atoms with Gasteiger partial charge in [0.15, 0.2) is 6.10 Å². The molecule has 0 aliphatic carbocycles. The Morgan fingerprint density at radius 1 is 1.32 bits per heavy atom. The maximum absolute atomic E-state index is 12.4. The fourth-order valence-corrected chi connectivity index (χ4v) is 2.44. The van der Waals surface area contributed by atoms with Gasteiger partial charge in [-0.15, -0.1) is 0 Å². The summed E-state index contributed by atoms with van der Waals surface area (Å²) in [6.45, 7) is 4.64. The number of fused-ring (bicyclic) bond motifs is 1. The first-order valence-corrected chi connectivity index (χ1v) is 6.87. The molecule has 0 aromatic rings. The number of amides is 2. The summed E-state index contributed by atoms with van der Waals surface area (Å²) in [6.07, 6.45) is -3.26. The predicted molar refractivity (Wildman–Crippen MR) is 67.7 cm³/mol. The molecular weight excluding hydrogens is 298 g/mol. The maximum Gasteiger partial charge on any atom is 0.422 e. The van der Waals surface area contributed by atoms with Crippen LogP contribution in [0, 0.1) is 0 Å². The molecule has 2 amide bonds. The lowest BCUT2D eigenvalue weighted by Gasteiger charge is -2.34. The highest BCUT2D eigenvalue weighted by molar-refractivity contribution is 5.99. The zero-order chi connectivity index (χ0) is 16.1. The fraction of sp³-hybridized carbons (Fsp3) is 0.769. The summed E-state index contributed by atoms with van der Waals surface area (Å²) in [7, 11) is 0. The summed E-state index contributed by atoms with van der Waals surface area (Å²) in [5.41, 5.74) is -0.780. The smallest absolute Gasteiger partial charge is 0.422 e. The van der Waals surface area contributed by atoms with Crippen LogP contribution in [0.1, 0.15) is 20.8 Å². The van der Waals surface area contributed by atoms with E-state index in [-0.39, 0.29) is 19.9 Å². The number of carbonyl (C=O) groups is 3. The van der Waals surface area contributed by atoms with Gasteiger partial charge in [-0.3, -0.25) is 4.79 Å². The third kappa shape index (κ3) is 2.44. The summed E-state index contributed by atoms with van der Waals surface area (Å²) in [5, 5.41) is 0. The van der Waals surface area contributed by atoms with Gasteiger partial charge in [0, 0.05) is 0 Å². The number of imide groups is 1. The van der Waals surface area contributed by atoms with E-state index in [0.717, 1.165) is 0 Å². The lowest BCUT2D eigenvalue weighted by molar-refractivity contribution is -0.219. The molecule has 122 valence electrons. The van der Waals surface area contributed by atoms with Crippen LogP contribution < -0.4 is 0 Å². The van der Waals surface area contributed by atoms with Crippen LogP contribution in [0.15, 0.2) is 0 Å². The Labute approximate surface area is 126 Å². The molecule has 3 aliphatic rings. The molecule has 22 heavy (non-hydrogen) atoms. The molecule has 9 nitrogen and oxygen atoms in total. The van der Waals surface area contributed by atoms with Crippen molar-refractivity contribution in [2.75, 3.05) is 19.9 Å². The minimum Gasteiger partial charge on any atom is -0.443 e. The van der Waals surface area contributed by atoms with Gasteiger partial charge in [0.05, 0.1) is 6.61 Å². The van der Waals surface area contributed by atoms with Crippen molar-refractivity contribution >= 4 is 18.0 Å². The summed E-state index contributed by atoms with van der Waals surface area (Å²) in [4.78, 5) is 37.1. The third-order valence-corrected chi connectivity index (χ3v) is 3.43. The summed E-state index contributed by atoms with van der Waals surface area (Å²) < 4.78 is 25.9. The zero-order valence-corrected chi connectivity index (χ0v) is 12.5. The molecule has 1 unspecified atom stereocenters. The van der Waals surface area contributed by atoms with E-state index in [4.69, 9.17) is 23.7 Å². The normalized spacial score (nSPS) is 34.8. The van der Waals surface area contributed by atoms with Crippen LogP contribution in [0.5, 0.6) is 0 Å². The number of nitrogens with zero attached hydrogens (tertiary/aromatic N) is 1. The molecule has 1 spiro atoms. The Balaban J connectivity index is 1.76. The summed E-state index contributed by atoms with van der Waals surface area (Å²) >= 11 is 0. The van der Waals surface area contributed by atoms with Gasteiger partial charge in [-0.1, -0.05) is 0 Å².